The number of aliphatic carboxylic acids is 1. The molecule has 0 fully saturated rings. The highest BCUT2D eigenvalue weighted by Crippen LogP contribution is 2.12. The summed E-state index contributed by atoms with van der Waals surface area (Å²) >= 11 is 0. The van der Waals surface area contributed by atoms with E-state index in [1.807, 2.05) is 13.8 Å². The fourth-order valence-corrected chi connectivity index (χ4v) is 1.84. The van der Waals surface area contributed by atoms with Crippen molar-refractivity contribution in [2.24, 2.45) is 11.7 Å². The van der Waals surface area contributed by atoms with Crippen LogP contribution in [0.2, 0.25) is 0 Å². The lowest BCUT2D eigenvalue weighted by Gasteiger charge is -2.17. The molecule has 1 atom stereocenters. The van der Waals surface area contributed by atoms with Gasteiger partial charge in [-0.3, -0.25) is 9.59 Å². The standard InChI is InChI=1S/C14H19FN2O3/c1-8(2)5-12(14(19)20)17-7-10-6-9(13(16)18)3-4-11(10)15/h3-4,6,8,12,17H,5,7H2,1-2H3,(H2,16,18)(H,19,20). The van der Waals surface area contributed by atoms with E-state index in [4.69, 9.17) is 10.8 Å². The number of hydrogen-bond donors (Lipinski definition) is 3. The van der Waals surface area contributed by atoms with E-state index in [1.165, 1.54) is 12.1 Å². The van der Waals surface area contributed by atoms with Crippen LogP contribution in [0.4, 0.5) is 4.39 Å². The van der Waals surface area contributed by atoms with Gasteiger partial charge in [-0.15, -0.1) is 0 Å². The molecule has 0 heterocycles. The molecular formula is C14H19FN2O3. The minimum atomic E-state index is -0.981. The van der Waals surface area contributed by atoms with Gasteiger partial charge in [0, 0.05) is 17.7 Å². The van der Waals surface area contributed by atoms with Gasteiger partial charge in [-0.2, -0.15) is 0 Å². The van der Waals surface area contributed by atoms with Crippen LogP contribution in [0.3, 0.4) is 0 Å². The highest BCUT2D eigenvalue weighted by molar-refractivity contribution is 5.92. The van der Waals surface area contributed by atoms with Crippen molar-refractivity contribution in [2.75, 3.05) is 0 Å². The van der Waals surface area contributed by atoms with Gasteiger partial charge in [0.2, 0.25) is 5.91 Å². The first-order valence-electron chi connectivity index (χ1n) is 6.35. The second kappa shape index (κ2) is 7.00. The lowest BCUT2D eigenvalue weighted by molar-refractivity contribution is -0.140. The molecule has 1 unspecified atom stereocenters. The van der Waals surface area contributed by atoms with Gasteiger partial charge in [0.25, 0.3) is 0 Å². The van der Waals surface area contributed by atoms with E-state index in [-0.39, 0.29) is 23.6 Å². The highest BCUT2D eigenvalue weighted by Gasteiger charge is 2.18. The quantitative estimate of drug-likeness (QED) is 0.707. The third-order valence-electron chi connectivity index (χ3n) is 2.87. The Morgan fingerprint density at radius 1 is 1.40 bits per heavy atom. The van der Waals surface area contributed by atoms with Gasteiger partial charge < -0.3 is 16.2 Å². The van der Waals surface area contributed by atoms with Gasteiger partial charge in [-0.05, 0) is 30.5 Å². The number of rotatable bonds is 7. The van der Waals surface area contributed by atoms with Gasteiger partial charge >= 0.3 is 5.97 Å². The molecule has 0 radical (unpaired) electrons. The van der Waals surface area contributed by atoms with E-state index in [0.29, 0.717) is 6.42 Å². The Kier molecular flexibility index (Phi) is 5.64. The second-order valence-corrected chi connectivity index (χ2v) is 5.07. The average molecular weight is 282 g/mol. The molecule has 20 heavy (non-hydrogen) atoms. The zero-order valence-electron chi connectivity index (χ0n) is 11.5. The zero-order chi connectivity index (χ0) is 15.3. The Bertz CT molecular complexity index is 503. The molecule has 5 nitrogen and oxygen atoms in total. The van der Waals surface area contributed by atoms with Crippen LogP contribution in [0.1, 0.15) is 36.2 Å². The third-order valence-corrected chi connectivity index (χ3v) is 2.87. The SMILES string of the molecule is CC(C)CC(NCc1cc(C(N)=O)ccc1F)C(=O)O. The number of benzene rings is 1. The molecule has 0 saturated heterocycles. The van der Waals surface area contributed by atoms with E-state index >= 15 is 0 Å². The Morgan fingerprint density at radius 3 is 2.55 bits per heavy atom. The molecule has 1 amide bonds. The van der Waals surface area contributed by atoms with Crippen LogP contribution in [-0.4, -0.2) is 23.0 Å². The number of nitrogens with one attached hydrogen (secondary N) is 1. The number of carboxylic acids is 1. The largest absolute Gasteiger partial charge is 0.480 e. The molecule has 4 N–H and O–H groups in total. The molecule has 1 aromatic rings. The van der Waals surface area contributed by atoms with Crippen LogP contribution in [0.15, 0.2) is 18.2 Å². The van der Waals surface area contributed by atoms with Crippen molar-refractivity contribution < 1.29 is 19.1 Å². The van der Waals surface area contributed by atoms with Gasteiger partial charge in [0.05, 0.1) is 0 Å². The van der Waals surface area contributed by atoms with E-state index < -0.39 is 23.7 Å². The third kappa shape index (κ3) is 4.62. The monoisotopic (exact) mass is 282 g/mol. The predicted molar refractivity (Wildman–Crippen MR) is 72.6 cm³/mol. The zero-order valence-corrected chi connectivity index (χ0v) is 11.5. The summed E-state index contributed by atoms with van der Waals surface area (Å²) < 4.78 is 13.6. The predicted octanol–water partition coefficient (Wildman–Crippen LogP) is 1.51. The molecule has 1 aromatic carbocycles. The lowest BCUT2D eigenvalue weighted by Crippen LogP contribution is -2.37. The maximum absolute atomic E-state index is 13.6. The molecule has 0 aliphatic rings. The maximum atomic E-state index is 13.6. The van der Waals surface area contributed by atoms with Crippen LogP contribution < -0.4 is 11.1 Å². The normalized spacial score (nSPS) is 12.4. The summed E-state index contributed by atoms with van der Waals surface area (Å²) in [7, 11) is 0. The van der Waals surface area contributed by atoms with Gasteiger partial charge in [0.1, 0.15) is 11.9 Å². The summed E-state index contributed by atoms with van der Waals surface area (Å²) in [5, 5.41) is 11.9. The van der Waals surface area contributed by atoms with E-state index in [2.05, 4.69) is 5.32 Å². The molecule has 6 heteroatoms. The smallest absolute Gasteiger partial charge is 0.320 e. The van der Waals surface area contributed by atoms with Crippen LogP contribution in [0, 0.1) is 11.7 Å². The number of carboxylic acid groups (broad SMARTS) is 1. The summed E-state index contributed by atoms with van der Waals surface area (Å²) in [6.07, 6.45) is 0.437. The second-order valence-electron chi connectivity index (χ2n) is 5.07. The fourth-order valence-electron chi connectivity index (χ4n) is 1.84. The minimum Gasteiger partial charge on any atom is -0.480 e. The number of carbonyl (C=O) groups is 2. The van der Waals surface area contributed by atoms with Crippen LogP contribution in [0.25, 0.3) is 0 Å². The molecule has 0 aliphatic carbocycles. The lowest BCUT2D eigenvalue weighted by atomic mass is 10.0. The minimum absolute atomic E-state index is 0.0244. The van der Waals surface area contributed by atoms with Crippen LogP contribution >= 0.6 is 0 Å². The van der Waals surface area contributed by atoms with Crippen molar-refractivity contribution >= 4 is 11.9 Å². The first kappa shape index (κ1) is 16.1. The Balaban J connectivity index is 2.79. The van der Waals surface area contributed by atoms with Gasteiger partial charge in [-0.1, -0.05) is 13.8 Å². The first-order chi connectivity index (χ1) is 9.31. The fraction of sp³-hybridized carbons (Fsp3) is 0.429. The van der Waals surface area contributed by atoms with Crippen molar-refractivity contribution in [3.8, 4) is 0 Å². The van der Waals surface area contributed by atoms with E-state index in [9.17, 15) is 14.0 Å². The maximum Gasteiger partial charge on any atom is 0.320 e. The summed E-state index contributed by atoms with van der Waals surface area (Å²) in [5.41, 5.74) is 5.54. The first-order valence-corrected chi connectivity index (χ1v) is 6.35. The summed E-state index contributed by atoms with van der Waals surface area (Å²) in [5.74, 6) is -1.94. The van der Waals surface area contributed by atoms with Crippen LogP contribution in [-0.2, 0) is 11.3 Å². The van der Waals surface area contributed by atoms with Crippen molar-refractivity contribution in [3.63, 3.8) is 0 Å². The molecular weight excluding hydrogens is 263 g/mol. The van der Waals surface area contributed by atoms with Crippen molar-refractivity contribution in [2.45, 2.75) is 32.9 Å². The van der Waals surface area contributed by atoms with Gasteiger partial charge in [0.15, 0.2) is 0 Å². The number of hydrogen-bond acceptors (Lipinski definition) is 3. The molecule has 0 saturated carbocycles. The molecule has 0 spiro atoms. The number of nitrogens with two attached hydrogens (primary N) is 1. The molecule has 0 aliphatic heterocycles. The number of amides is 1. The Morgan fingerprint density at radius 2 is 2.05 bits per heavy atom. The number of carbonyl (C=O) groups excluding carboxylic acids is 1. The van der Waals surface area contributed by atoms with Crippen molar-refractivity contribution in [1.29, 1.82) is 0 Å². The molecule has 1 rings (SSSR count). The van der Waals surface area contributed by atoms with E-state index in [1.54, 1.807) is 0 Å². The Labute approximate surface area is 117 Å². The molecule has 0 aromatic heterocycles. The highest BCUT2D eigenvalue weighted by atomic mass is 19.1. The summed E-state index contributed by atoms with van der Waals surface area (Å²) in [6.45, 7) is 3.84. The van der Waals surface area contributed by atoms with Crippen LogP contribution in [0.5, 0.6) is 0 Å². The summed E-state index contributed by atoms with van der Waals surface area (Å²) in [4.78, 5) is 22.1. The van der Waals surface area contributed by atoms with Gasteiger partial charge in [-0.25, -0.2) is 4.39 Å². The van der Waals surface area contributed by atoms with Crippen molar-refractivity contribution in [1.82, 2.24) is 5.32 Å². The van der Waals surface area contributed by atoms with Crippen molar-refractivity contribution in [3.05, 3.63) is 35.1 Å². The Hall–Kier alpha value is -1.95. The van der Waals surface area contributed by atoms with E-state index in [0.717, 1.165) is 6.07 Å². The number of primary amides is 1. The topological polar surface area (TPSA) is 92.4 Å². The molecule has 0 bridgehead atoms. The summed E-state index contributed by atoms with van der Waals surface area (Å²) in [6, 6.07) is 3.02. The molecule has 110 valence electrons. The number of halogens is 1. The average Bonchev–Trinajstić information content (AvgIpc) is 2.35.